The molecular formula is C22H24N6O. The van der Waals surface area contributed by atoms with Crippen LogP contribution in [0.4, 0.5) is 5.95 Å². The number of benzene rings is 2. The van der Waals surface area contributed by atoms with Gasteiger partial charge in [0, 0.05) is 19.1 Å². The van der Waals surface area contributed by atoms with Gasteiger partial charge in [0.2, 0.25) is 11.9 Å². The van der Waals surface area contributed by atoms with Crippen LogP contribution in [0.3, 0.4) is 0 Å². The van der Waals surface area contributed by atoms with E-state index < -0.39 is 0 Å². The lowest BCUT2D eigenvalue weighted by atomic mass is 10.0. The maximum Gasteiger partial charge on any atom is 0.246 e. The molecule has 0 N–H and O–H groups in total. The predicted octanol–water partition coefficient (Wildman–Crippen LogP) is 2.59. The summed E-state index contributed by atoms with van der Waals surface area (Å²) < 4.78 is 1.80. The maximum atomic E-state index is 12.8. The van der Waals surface area contributed by atoms with E-state index in [1.165, 1.54) is 11.1 Å². The second kappa shape index (κ2) is 7.31. The third-order valence-electron chi connectivity index (χ3n) is 6.06. The first-order chi connectivity index (χ1) is 14.2. The Hall–Kier alpha value is -3.22. The first kappa shape index (κ1) is 17.8. The molecule has 0 spiro atoms. The summed E-state index contributed by atoms with van der Waals surface area (Å²) in [4.78, 5) is 16.8. The Kier molecular flexibility index (Phi) is 4.50. The third-order valence-corrected chi connectivity index (χ3v) is 6.06. The van der Waals surface area contributed by atoms with Crippen molar-refractivity contribution in [3.63, 3.8) is 0 Å². The smallest absolute Gasteiger partial charge is 0.246 e. The molecule has 3 aromatic rings. The number of rotatable bonds is 4. The van der Waals surface area contributed by atoms with Crippen LogP contribution < -0.4 is 4.90 Å². The second-order valence-electron chi connectivity index (χ2n) is 7.86. The van der Waals surface area contributed by atoms with Gasteiger partial charge in [0.05, 0.1) is 6.54 Å². The monoisotopic (exact) mass is 388 g/mol. The summed E-state index contributed by atoms with van der Waals surface area (Å²) in [6.45, 7) is 4.19. The fourth-order valence-corrected chi connectivity index (χ4v) is 4.44. The van der Waals surface area contributed by atoms with Crippen LogP contribution in [0.15, 0.2) is 54.6 Å². The minimum absolute atomic E-state index is 0.181. The lowest BCUT2D eigenvalue weighted by Crippen LogP contribution is -2.59. The lowest BCUT2D eigenvalue weighted by molar-refractivity contribution is -0.134. The van der Waals surface area contributed by atoms with Crippen LogP contribution in [-0.2, 0) is 11.3 Å². The zero-order valence-corrected chi connectivity index (χ0v) is 16.5. The number of carbonyl (C=O) groups is 1. The minimum Gasteiger partial charge on any atom is -0.336 e. The SMILES string of the molecule is C[C@H]1C(=O)N2CCC[C@H]2CN1c1nnnn1Cc1ccc(-c2ccccc2)cc1. The van der Waals surface area contributed by atoms with E-state index >= 15 is 0 Å². The highest BCUT2D eigenvalue weighted by Crippen LogP contribution is 2.28. The average molecular weight is 388 g/mol. The van der Waals surface area contributed by atoms with E-state index in [0.717, 1.165) is 31.5 Å². The molecule has 29 heavy (non-hydrogen) atoms. The van der Waals surface area contributed by atoms with Crippen LogP contribution in [0.5, 0.6) is 0 Å². The topological polar surface area (TPSA) is 67.2 Å². The molecule has 2 aliphatic rings. The number of nitrogens with zero attached hydrogens (tertiary/aromatic N) is 6. The molecule has 0 bridgehead atoms. The van der Waals surface area contributed by atoms with E-state index in [1.54, 1.807) is 4.68 Å². The van der Waals surface area contributed by atoms with Gasteiger partial charge < -0.3 is 9.80 Å². The van der Waals surface area contributed by atoms with Crippen LogP contribution in [0.2, 0.25) is 0 Å². The fraction of sp³-hybridized carbons (Fsp3) is 0.364. The summed E-state index contributed by atoms with van der Waals surface area (Å²) >= 11 is 0. The van der Waals surface area contributed by atoms with Crippen molar-refractivity contribution in [1.82, 2.24) is 25.1 Å². The Morgan fingerprint density at radius 1 is 1.00 bits per heavy atom. The largest absolute Gasteiger partial charge is 0.336 e. The van der Waals surface area contributed by atoms with Crippen molar-refractivity contribution in [2.45, 2.75) is 38.4 Å². The number of piperazine rings is 1. The van der Waals surface area contributed by atoms with Gasteiger partial charge in [0.1, 0.15) is 6.04 Å². The van der Waals surface area contributed by atoms with E-state index in [2.05, 4.69) is 56.8 Å². The second-order valence-corrected chi connectivity index (χ2v) is 7.86. The summed E-state index contributed by atoms with van der Waals surface area (Å²) in [5.41, 5.74) is 3.50. The van der Waals surface area contributed by atoms with Crippen molar-refractivity contribution in [1.29, 1.82) is 0 Å². The van der Waals surface area contributed by atoms with Crippen LogP contribution >= 0.6 is 0 Å². The van der Waals surface area contributed by atoms with E-state index in [4.69, 9.17) is 0 Å². The molecule has 2 aromatic carbocycles. The van der Waals surface area contributed by atoms with Gasteiger partial charge in [-0.25, -0.2) is 4.68 Å². The molecule has 1 amide bonds. The zero-order chi connectivity index (χ0) is 19.8. The van der Waals surface area contributed by atoms with Gasteiger partial charge in [-0.3, -0.25) is 4.79 Å². The lowest BCUT2D eigenvalue weighted by Gasteiger charge is -2.41. The van der Waals surface area contributed by atoms with E-state index in [1.807, 2.05) is 30.0 Å². The Morgan fingerprint density at radius 3 is 2.55 bits per heavy atom. The number of fused-ring (bicyclic) bond motifs is 1. The minimum atomic E-state index is -0.241. The molecule has 3 heterocycles. The maximum absolute atomic E-state index is 12.8. The Bertz CT molecular complexity index is 1000. The van der Waals surface area contributed by atoms with Crippen molar-refractivity contribution in [3.05, 3.63) is 60.2 Å². The van der Waals surface area contributed by atoms with Gasteiger partial charge >= 0.3 is 0 Å². The van der Waals surface area contributed by atoms with Crippen LogP contribution in [0.25, 0.3) is 11.1 Å². The first-order valence-electron chi connectivity index (χ1n) is 10.2. The summed E-state index contributed by atoms with van der Waals surface area (Å²) in [7, 11) is 0. The molecule has 2 fully saturated rings. The van der Waals surface area contributed by atoms with Crippen molar-refractivity contribution in [3.8, 4) is 11.1 Å². The molecule has 2 atom stereocenters. The molecule has 5 rings (SSSR count). The van der Waals surface area contributed by atoms with E-state index in [9.17, 15) is 4.79 Å². The highest BCUT2D eigenvalue weighted by Gasteiger charge is 2.41. The summed E-state index contributed by atoms with van der Waals surface area (Å²) in [5.74, 6) is 0.852. The molecule has 1 aromatic heterocycles. The number of anilines is 1. The molecule has 0 unspecified atom stereocenters. The van der Waals surface area contributed by atoms with Gasteiger partial charge in [-0.2, -0.15) is 0 Å². The molecule has 148 valence electrons. The van der Waals surface area contributed by atoms with Crippen molar-refractivity contribution < 1.29 is 4.79 Å². The van der Waals surface area contributed by atoms with Crippen molar-refractivity contribution in [2.75, 3.05) is 18.0 Å². The van der Waals surface area contributed by atoms with Gasteiger partial charge in [-0.05, 0) is 46.9 Å². The normalized spacial score (nSPS) is 21.5. The van der Waals surface area contributed by atoms with Crippen LogP contribution in [-0.4, -0.2) is 56.2 Å². The zero-order valence-electron chi connectivity index (χ0n) is 16.5. The highest BCUT2D eigenvalue weighted by molar-refractivity contribution is 5.86. The molecule has 0 saturated carbocycles. The van der Waals surface area contributed by atoms with Gasteiger partial charge in [-0.15, -0.1) is 0 Å². The summed E-state index contributed by atoms with van der Waals surface area (Å²) in [6.07, 6.45) is 2.13. The van der Waals surface area contributed by atoms with Crippen molar-refractivity contribution >= 4 is 11.9 Å². The predicted molar refractivity (Wildman–Crippen MR) is 110 cm³/mol. The van der Waals surface area contributed by atoms with Crippen molar-refractivity contribution in [2.24, 2.45) is 0 Å². The molecule has 7 heteroatoms. The van der Waals surface area contributed by atoms with Crippen LogP contribution in [0, 0.1) is 0 Å². The average Bonchev–Trinajstić information content (AvgIpc) is 3.41. The van der Waals surface area contributed by atoms with Gasteiger partial charge in [0.25, 0.3) is 0 Å². The molecule has 0 aliphatic carbocycles. The Balaban J connectivity index is 1.36. The van der Waals surface area contributed by atoms with E-state index in [0.29, 0.717) is 12.5 Å². The molecule has 7 nitrogen and oxygen atoms in total. The number of amides is 1. The van der Waals surface area contributed by atoms with Gasteiger partial charge in [-0.1, -0.05) is 59.7 Å². The first-order valence-corrected chi connectivity index (χ1v) is 10.2. The number of hydrogen-bond donors (Lipinski definition) is 0. The molecule has 0 radical (unpaired) electrons. The van der Waals surface area contributed by atoms with Crippen LogP contribution in [0.1, 0.15) is 25.3 Å². The standard InChI is InChI=1S/C22H24N6O/c1-16-21(29)26-13-5-8-20(26)15-27(16)22-23-24-25-28(22)14-17-9-11-19(12-10-17)18-6-3-2-4-7-18/h2-4,6-7,9-12,16,20H,5,8,13-15H2,1H3/t16-,20-/m0/s1. The number of aromatic nitrogens is 4. The quantitative estimate of drug-likeness (QED) is 0.687. The fourth-order valence-electron chi connectivity index (χ4n) is 4.44. The Morgan fingerprint density at radius 2 is 1.76 bits per heavy atom. The molecule has 2 saturated heterocycles. The summed E-state index contributed by atoms with van der Waals surface area (Å²) in [5, 5.41) is 12.4. The number of carbonyl (C=O) groups excluding carboxylic acids is 1. The highest BCUT2D eigenvalue weighted by atomic mass is 16.2. The molecule has 2 aliphatic heterocycles. The van der Waals surface area contributed by atoms with Gasteiger partial charge in [0.15, 0.2) is 0 Å². The number of hydrogen-bond acceptors (Lipinski definition) is 5. The Labute approximate surface area is 169 Å². The number of tetrazole rings is 1. The summed E-state index contributed by atoms with van der Waals surface area (Å²) in [6, 6.07) is 18.8. The molecular weight excluding hydrogens is 364 g/mol. The van der Waals surface area contributed by atoms with E-state index in [-0.39, 0.29) is 18.0 Å². The third kappa shape index (κ3) is 3.26.